The molecule has 0 radical (unpaired) electrons. The van der Waals surface area contributed by atoms with E-state index in [0.717, 1.165) is 12.0 Å². The lowest BCUT2D eigenvalue weighted by Gasteiger charge is -2.20. The van der Waals surface area contributed by atoms with E-state index in [-0.39, 0.29) is 12.5 Å². The molecular formula is C16H19N3O3. The number of imidazole rings is 1. The van der Waals surface area contributed by atoms with E-state index in [2.05, 4.69) is 4.98 Å². The highest BCUT2D eigenvalue weighted by Crippen LogP contribution is 2.10. The zero-order chi connectivity index (χ0) is 15.9. The summed E-state index contributed by atoms with van der Waals surface area (Å²) >= 11 is 0. The van der Waals surface area contributed by atoms with E-state index in [1.165, 1.54) is 4.90 Å². The molecule has 1 N–H and O–H groups in total. The molecule has 1 amide bonds. The Morgan fingerprint density at radius 3 is 2.55 bits per heavy atom. The molecule has 6 nitrogen and oxygen atoms in total. The zero-order valence-electron chi connectivity index (χ0n) is 12.5. The van der Waals surface area contributed by atoms with E-state index < -0.39 is 5.97 Å². The van der Waals surface area contributed by atoms with Gasteiger partial charge in [-0.05, 0) is 24.1 Å². The fourth-order valence-electron chi connectivity index (χ4n) is 2.21. The van der Waals surface area contributed by atoms with Gasteiger partial charge in [0.1, 0.15) is 6.54 Å². The molecule has 1 aromatic heterocycles. The van der Waals surface area contributed by atoms with Crippen LogP contribution in [0.15, 0.2) is 43.0 Å². The third-order valence-corrected chi connectivity index (χ3v) is 3.23. The normalized spacial score (nSPS) is 10.4. The largest absolute Gasteiger partial charge is 0.480 e. The second-order valence-electron chi connectivity index (χ2n) is 5.05. The van der Waals surface area contributed by atoms with Crippen molar-refractivity contribution in [3.05, 3.63) is 54.1 Å². The van der Waals surface area contributed by atoms with Crippen LogP contribution in [0.3, 0.4) is 0 Å². The van der Waals surface area contributed by atoms with Gasteiger partial charge in [0.15, 0.2) is 0 Å². The van der Waals surface area contributed by atoms with Crippen LogP contribution in [0.1, 0.15) is 29.3 Å². The van der Waals surface area contributed by atoms with Gasteiger partial charge in [-0.25, -0.2) is 4.98 Å². The molecule has 0 aliphatic rings. The first-order chi connectivity index (χ1) is 10.6. The van der Waals surface area contributed by atoms with Gasteiger partial charge in [-0.15, -0.1) is 0 Å². The molecule has 0 saturated carbocycles. The SMILES string of the molecule is CCCN(CC(=O)O)C(=O)c1ccc(Cn2ccnc2)cc1. The van der Waals surface area contributed by atoms with Crippen LogP contribution in [0.4, 0.5) is 0 Å². The first kappa shape index (κ1) is 15.8. The maximum absolute atomic E-state index is 12.3. The average Bonchev–Trinajstić information content (AvgIpc) is 2.99. The van der Waals surface area contributed by atoms with Crippen molar-refractivity contribution in [2.45, 2.75) is 19.9 Å². The predicted molar refractivity (Wildman–Crippen MR) is 81.6 cm³/mol. The van der Waals surface area contributed by atoms with Crippen molar-refractivity contribution in [3.63, 3.8) is 0 Å². The maximum atomic E-state index is 12.3. The number of nitrogens with zero attached hydrogens (tertiary/aromatic N) is 3. The van der Waals surface area contributed by atoms with Crippen molar-refractivity contribution in [2.24, 2.45) is 0 Å². The number of carbonyl (C=O) groups excluding carboxylic acids is 1. The summed E-state index contributed by atoms with van der Waals surface area (Å²) in [5.74, 6) is -1.25. The van der Waals surface area contributed by atoms with E-state index in [4.69, 9.17) is 5.11 Å². The average molecular weight is 301 g/mol. The predicted octanol–water partition coefficient (Wildman–Crippen LogP) is 1.87. The number of amides is 1. The summed E-state index contributed by atoms with van der Waals surface area (Å²) in [4.78, 5) is 28.5. The Bertz CT molecular complexity index is 621. The zero-order valence-corrected chi connectivity index (χ0v) is 12.5. The van der Waals surface area contributed by atoms with Crippen molar-refractivity contribution in [1.82, 2.24) is 14.5 Å². The van der Waals surface area contributed by atoms with Crippen LogP contribution >= 0.6 is 0 Å². The lowest BCUT2D eigenvalue weighted by Crippen LogP contribution is -2.36. The van der Waals surface area contributed by atoms with Crippen LogP contribution in [0.25, 0.3) is 0 Å². The monoisotopic (exact) mass is 301 g/mol. The summed E-state index contributed by atoms with van der Waals surface area (Å²) in [6.45, 7) is 2.75. The number of hydrogen-bond donors (Lipinski definition) is 1. The van der Waals surface area contributed by atoms with Crippen molar-refractivity contribution in [3.8, 4) is 0 Å². The molecule has 0 unspecified atom stereocenters. The molecule has 2 rings (SSSR count). The molecule has 1 heterocycles. The third-order valence-electron chi connectivity index (χ3n) is 3.23. The minimum Gasteiger partial charge on any atom is -0.480 e. The molecule has 0 saturated heterocycles. The molecule has 1 aromatic carbocycles. The van der Waals surface area contributed by atoms with E-state index in [1.54, 1.807) is 24.7 Å². The van der Waals surface area contributed by atoms with Crippen LogP contribution in [0.2, 0.25) is 0 Å². The molecule has 0 aliphatic heterocycles. The van der Waals surface area contributed by atoms with E-state index in [0.29, 0.717) is 18.7 Å². The topological polar surface area (TPSA) is 75.4 Å². The molecule has 116 valence electrons. The summed E-state index contributed by atoms with van der Waals surface area (Å²) in [5.41, 5.74) is 1.55. The highest BCUT2D eigenvalue weighted by atomic mass is 16.4. The number of aromatic nitrogens is 2. The highest BCUT2D eigenvalue weighted by Gasteiger charge is 2.17. The Hall–Kier alpha value is -2.63. The number of hydrogen-bond acceptors (Lipinski definition) is 3. The summed E-state index contributed by atoms with van der Waals surface area (Å²) < 4.78 is 1.94. The Morgan fingerprint density at radius 1 is 1.27 bits per heavy atom. The summed E-state index contributed by atoms with van der Waals surface area (Å²) in [6.07, 6.45) is 6.04. The minimum absolute atomic E-state index is 0.251. The standard InChI is InChI=1S/C16H19N3O3/c1-2-8-19(11-15(20)21)16(22)14-5-3-13(4-6-14)10-18-9-7-17-12-18/h3-7,9,12H,2,8,10-11H2,1H3,(H,20,21). The highest BCUT2D eigenvalue weighted by molar-refractivity contribution is 5.95. The first-order valence-electron chi connectivity index (χ1n) is 7.16. The van der Waals surface area contributed by atoms with Crippen molar-refractivity contribution in [2.75, 3.05) is 13.1 Å². The Labute approximate surface area is 129 Å². The van der Waals surface area contributed by atoms with Crippen molar-refractivity contribution >= 4 is 11.9 Å². The van der Waals surface area contributed by atoms with Crippen molar-refractivity contribution < 1.29 is 14.7 Å². The van der Waals surface area contributed by atoms with E-state index in [1.807, 2.05) is 29.8 Å². The molecule has 0 fully saturated rings. The van der Waals surface area contributed by atoms with Gasteiger partial charge in [0, 0.05) is 31.0 Å². The van der Waals surface area contributed by atoms with Gasteiger partial charge in [0.2, 0.25) is 0 Å². The van der Waals surface area contributed by atoms with Crippen LogP contribution in [-0.4, -0.2) is 44.5 Å². The van der Waals surface area contributed by atoms with Gasteiger partial charge in [0.25, 0.3) is 5.91 Å². The molecule has 0 bridgehead atoms. The second kappa shape index (κ2) is 7.40. The smallest absolute Gasteiger partial charge is 0.323 e. The molecular weight excluding hydrogens is 282 g/mol. The van der Waals surface area contributed by atoms with Crippen molar-refractivity contribution in [1.29, 1.82) is 0 Å². The molecule has 0 spiro atoms. The fraction of sp³-hybridized carbons (Fsp3) is 0.312. The number of carboxylic acid groups (broad SMARTS) is 1. The second-order valence-corrected chi connectivity index (χ2v) is 5.05. The maximum Gasteiger partial charge on any atom is 0.323 e. The number of benzene rings is 1. The Morgan fingerprint density at radius 2 is 2.00 bits per heavy atom. The van der Waals surface area contributed by atoms with Gasteiger partial charge in [-0.1, -0.05) is 19.1 Å². The molecule has 0 atom stereocenters. The van der Waals surface area contributed by atoms with Gasteiger partial charge in [0.05, 0.1) is 6.33 Å². The van der Waals surface area contributed by atoms with Gasteiger partial charge in [-0.3, -0.25) is 9.59 Å². The molecule has 2 aromatic rings. The lowest BCUT2D eigenvalue weighted by atomic mass is 10.1. The number of aliphatic carboxylic acids is 1. The number of carboxylic acids is 1. The first-order valence-corrected chi connectivity index (χ1v) is 7.16. The summed E-state index contributed by atoms with van der Waals surface area (Å²) in [7, 11) is 0. The van der Waals surface area contributed by atoms with Crippen LogP contribution in [-0.2, 0) is 11.3 Å². The Balaban J connectivity index is 2.07. The molecule has 22 heavy (non-hydrogen) atoms. The van der Waals surface area contributed by atoms with Gasteiger partial charge in [-0.2, -0.15) is 0 Å². The molecule has 6 heteroatoms. The van der Waals surface area contributed by atoms with E-state index in [9.17, 15) is 9.59 Å². The fourth-order valence-corrected chi connectivity index (χ4v) is 2.21. The minimum atomic E-state index is -1.00. The van der Waals surface area contributed by atoms with E-state index >= 15 is 0 Å². The Kier molecular flexibility index (Phi) is 5.30. The summed E-state index contributed by atoms with van der Waals surface area (Å²) in [6, 6.07) is 7.22. The quantitative estimate of drug-likeness (QED) is 0.847. The van der Waals surface area contributed by atoms with Crippen LogP contribution in [0.5, 0.6) is 0 Å². The van der Waals surface area contributed by atoms with Crippen LogP contribution in [0, 0.1) is 0 Å². The van der Waals surface area contributed by atoms with Crippen LogP contribution < -0.4 is 0 Å². The molecule has 0 aliphatic carbocycles. The van der Waals surface area contributed by atoms with Gasteiger partial charge >= 0.3 is 5.97 Å². The third kappa shape index (κ3) is 4.18. The summed E-state index contributed by atoms with van der Waals surface area (Å²) in [5, 5.41) is 8.89. The lowest BCUT2D eigenvalue weighted by molar-refractivity contribution is -0.137. The number of rotatable bonds is 7. The number of carbonyl (C=O) groups is 2. The van der Waals surface area contributed by atoms with Gasteiger partial charge < -0.3 is 14.6 Å².